The Morgan fingerprint density at radius 2 is 1.77 bits per heavy atom. The van der Waals surface area contributed by atoms with Gasteiger partial charge in [-0.05, 0) is 67.5 Å². The van der Waals surface area contributed by atoms with Crippen LogP contribution in [-0.2, 0) is 46.4 Å². The number of fused-ring (bicyclic) bond motifs is 2. The van der Waals surface area contributed by atoms with Crippen LogP contribution in [0.15, 0.2) is 47.1 Å². The molecule has 1 amide bonds. The molecule has 1 aliphatic carbocycles. The summed E-state index contributed by atoms with van der Waals surface area (Å²) in [6, 6.07) is 11.4. The van der Waals surface area contributed by atoms with E-state index in [2.05, 4.69) is 22.2 Å². The Labute approximate surface area is 183 Å². The first-order valence-corrected chi connectivity index (χ1v) is 12.3. The summed E-state index contributed by atoms with van der Waals surface area (Å²) in [7, 11) is -3.44. The predicted octanol–water partition coefficient (Wildman–Crippen LogP) is 3.61. The summed E-state index contributed by atoms with van der Waals surface area (Å²) in [5.74, 6) is -0.240. The minimum absolute atomic E-state index is 0.116. The molecule has 0 saturated heterocycles. The average molecular weight is 441 g/mol. The number of amides is 1. The van der Waals surface area contributed by atoms with Crippen molar-refractivity contribution in [3.05, 3.63) is 70.5 Å². The maximum atomic E-state index is 12.6. The van der Waals surface area contributed by atoms with E-state index < -0.39 is 10.0 Å². The highest BCUT2D eigenvalue weighted by Crippen LogP contribution is 2.30. The van der Waals surface area contributed by atoms with Crippen molar-refractivity contribution < 1.29 is 17.6 Å². The van der Waals surface area contributed by atoms with Crippen LogP contribution in [0, 0.1) is 0 Å². The second kappa shape index (κ2) is 8.85. The molecule has 2 N–H and O–H groups in total. The second-order valence-corrected chi connectivity index (χ2v) is 10.2. The standard InChI is InChI=1S/C24H28N2O4S/c1-16(2)26-31(28,29)15-20-7-4-3-6-19(20)13-25-24(27)12-21-14-30-23-11-18-9-5-8-17(18)10-22(21)23/h3-4,6-7,10-11,14,16,26H,5,8-9,12-13,15H2,1-2H3,(H,25,27). The molecule has 164 valence electrons. The Morgan fingerprint density at radius 3 is 2.52 bits per heavy atom. The lowest BCUT2D eigenvalue weighted by atomic mass is 10.0. The summed E-state index contributed by atoms with van der Waals surface area (Å²) in [5, 5.41) is 3.93. The Bertz CT molecular complexity index is 1210. The SMILES string of the molecule is CC(C)NS(=O)(=O)Cc1ccccc1CNC(=O)Cc1coc2cc3c(cc12)CCC3. The quantitative estimate of drug-likeness (QED) is 0.560. The van der Waals surface area contributed by atoms with Gasteiger partial charge in [0.1, 0.15) is 5.58 Å². The Hall–Kier alpha value is -2.64. The van der Waals surface area contributed by atoms with Crippen molar-refractivity contribution in [2.45, 2.75) is 57.9 Å². The number of rotatable bonds is 8. The van der Waals surface area contributed by atoms with E-state index in [0.717, 1.165) is 34.9 Å². The van der Waals surface area contributed by atoms with Crippen LogP contribution < -0.4 is 10.0 Å². The van der Waals surface area contributed by atoms with Crippen LogP contribution in [-0.4, -0.2) is 20.4 Å². The zero-order valence-corrected chi connectivity index (χ0v) is 18.7. The van der Waals surface area contributed by atoms with Gasteiger partial charge < -0.3 is 9.73 Å². The summed E-state index contributed by atoms with van der Waals surface area (Å²) >= 11 is 0. The third-order valence-corrected chi connectivity index (χ3v) is 7.10. The molecule has 0 fully saturated rings. The molecule has 0 aliphatic heterocycles. The minimum Gasteiger partial charge on any atom is -0.464 e. The monoisotopic (exact) mass is 440 g/mol. The topological polar surface area (TPSA) is 88.4 Å². The van der Waals surface area contributed by atoms with Crippen molar-refractivity contribution in [3.8, 4) is 0 Å². The van der Waals surface area contributed by atoms with Crippen molar-refractivity contribution in [1.29, 1.82) is 0 Å². The number of furan rings is 1. The van der Waals surface area contributed by atoms with Crippen LogP contribution in [0.25, 0.3) is 11.0 Å². The molecule has 0 spiro atoms. The number of carbonyl (C=O) groups excluding carboxylic acids is 1. The molecule has 0 bridgehead atoms. The smallest absolute Gasteiger partial charge is 0.224 e. The van der Waals surface area contributed by atoms with Gasteiger partial charge >= 0.3 is 0 Å². The molecule has 3 aromatic rings. The molecule has 2 aromatic carbocycles. The van der Waals surface area contributed by atoms with Crippen LogP contribution in [0.2, 0.25) is 0 Å². The van der Waals surface area contributed by atoms with Crippen LogP contribution in [0.5, 0.6) is 0 Å². The van der Waals surface area contributed by atoms with Crippen LogP contribution in [0.4, 0.5) is 0 Å². The molecule has 0 saturated carbocycles. The van der Waals surface area contributed by atoms with Gasteiger partial charge in [0.2, 0.25) is 15.9 Å². The largest absolute Gasteiger partial charge is 0.464 e. The third kappa shape index (κ3) is 5.17. The van der Waals surface area contributed by atoms with Gasteiger partial charge in [-0.15, -0.1) is 0 Å². The highest BCUT2D eigenvalue weighted by molar-refractivity contribution is 7.88. The lowest BCUT2D eigenvalue weighted by Gasteiger charge is -2.13. The van der Waals surface area contributed by atoms with E-state index in [0.29, 0.717) is 5.56 Å². The molecule has 6 nitrogen and oxygen atoms in total. The molecule has 1 aliphatic rings. The minimum atomic E-state index is -3.44. The number of hydrogen-bond acceptors (Lipinski definition) is 4. The van der Waals surface area contributed by atoms with Gasteiger partial charge in [-0.2, -0.15) is 0 Å². The molecule has 0 radical (unpaired) electrons. The van der Waals surface area contributed by atoms with E-state index in [9.17, 15) is 13.2 Å². The van der Waals surface area contributed by atoms with Crippen molar-refractivity contribution in [2.24, 2.45) is 0 Å². The van der Waals surface area contributed by atoms with Crippen LogP contribution in [0.1, 0.15) is 48.1 Å². The zero-order chi connectivity index (χ0) is 22.0. The van der Waals surface area contributed by atoms with Gasteiger partial charge in [0, 0.05) is 23.5 Å². The number of carbonyl (C=O) groups is 1. The second-order valence-electron chi connectivity index (χ2n) is 8.49. The zero-order valence-electron chi connectivity index (χ0n) is 17.9. The van der Waals surface area contributed by atoms with Gasteiger partial charge in [-0.1, -0.05) is 24.3 Å². The molecule has 31 heavy (non-hydrogen) atoms. The fourth-order valence-electron chi connectivity index (χ4n) is 4.19. The van der Waals surface area contributed by atoms with Crippen LogP contribution in [0.3, 0.4) is 0 Å². The first-order chi connectivity index (χ1) is 14.8. The molecular formula is C24H28N2O4S. The maximum Gasteiger partial charge on any atom is 0.224 e. The van der Waals surface area contributed by atoms with E-state index >= 15 is 0 Å². The van der Waals surface area contributed by atoms with Crippen molar-refractivity contribution in [1.82, 2.24) is 10.0 Å². The van der Waals surface area contributed by atoms with Gasteiger partial charge in [-0.3, -0.25) is 4.79 Å². The number of hydrogen-bond donors (Lipinski definition) is 2. The Balaban J connectivity index is 1.42. The first-order valence-electron chi connectivity index (χ1n) is 10.7. The number of sulfonamides is 1. The fraction of sp³-hybridized carbons (Fsp3) is 0.375. The number of nitrogens with one attached hydrogen (secondary N) is 2. The summed E-state index contributed by atoms with van der Waals surface area (Å²) in [5.41, 5.74) is 5.87. The molecule has 1 heterocycles. The van der Waals surface area contributed by atoms with Crippen molar-refractivity contribution in [3.63, 3.8) is 0 Å². The highest BCUT2D eigenvalue weighted by Gasteiger charge is 2.18. The van der Waals surface area contributed by atoms with Gasteiger partial charge in [0.15, 0.2) is 0 Å². The molecular weight excluding hydrogens is 412 g/mol. The molecule has 7 heteroatoms. The van der Waals surface area contributed by atoms with Gasteiger partial charge in [-0.25, -0.2) is 13.1 Å². The summed E-state index contributed by atoms with van der Waals surface area (Å²) in [6.45, 7) is 3.85. The molecule has 0 atom stereocenters. The van der Waals surface area contributed by atoms with Crippen molar-refractivity contribution in [2.75, 3.05) is 0 Å². The maximum absolute atomic E-state index is 12.6. The molecule has 4 rings (SSSR count). The van der Waals surface area contributed by atoms with E-state index in [4.69, 9.17) is 4.42 Å². The first kappa shape index (κ1) is 21.6. The van der Waals surface area contributed by atoms with E-state index in [-0.39, 0.29) is 30.7 Å². The van der Waals surface area contributed by atoms with Gasteiger partial charge in [0.25, 0.3) is 0 Å². The van der Waals surface area contributed by atoms with Crippen molar-refractivity contribution >= 4 is 26.9 Å². The lowest BCUT2D eigenvalue weighted by Crippen LogP contribution is -2.32. The summed E-state index contributed by atoms with van der Waals surface area (Å²) in [4.78, 5) is 12.6. The Morgan fingerprint density at radius 1 is 1.06 bits per heavy atom. The number of benzene rings is 2. The van der Waals surface area contributed by atoms with Crippen LogP contribution >= 0.6 is 0 Å². The Kier molecular flexibility index (Phi) is 6.16. The third-order valence-electron chi connectivity index (χ3n) is 5.57. The van der Waals surface area contributed by atoms with E-state index in [1.54, 1.807) is 26.2 Å². The van der Waals surface area contributed by atoms with E-state index in [1.165, 1.54) is 17.5 Å². The predicted molar refractivity (Wildman–Crippen MR) is 121 cm³/mol. The normalized spacial score (nSPS) is 13.6. The summed E-state index contributed by atoms with van der Waals surface area (Å²) in [6.07, 6.45) is 5.22. The van der Waals surface area contributed by atoms with Gasteiger partial charge in [0.05, 0.1) is 18.4 Å². The fourth-order valence-corrected chi connectivity index (χ4v) is 5.68. The summed E-state index contributed by atoms with van der Waals surface area (Å²) < 4.78 is 32.9. The number of aryl methyl sites for hydroxylation is 2. The lowest BCUT2D eigenvalue weighted by molar-refractivity contribution is -0.120. The van der Waals surface area contributed by atoms with E-state index in [1.807, 2.05) is 18.2 Å². The average Bonchev–Trinajstić information content (AvgIpc) is 3.31. The molecule has 0 unspecified atom stereocenters. The molecule has 1 aromatic heterocycles. The highest BCUT2D eigenvalue weighted by atomic mass is 32.2.